The lowest BCUT2D eigenvalue weighted by molar-refractivity contribution is -0.123. The average Bonchev–Trinajstić information content (AvgIpc) is 2.60. The Morgan fingerprint density at radius 3 is 2.55 bits per heavy atom. The Morgan fingerprint density at radius 1 is 1.45 bits per heavy atom. The minimum Gasteiger partial charge on any atom is -0.480 e. The third kappa shape index (κ3) is 4.52. The van der Waals surface area contributed by atoms with E-state index in [1.165, 1.54) is 0 Å². The molecular weight excluding hydrogens is 256 g/mol. The van der Waals surface area contributed by atoms with E-state index in [1.807, 2.05) is 20.9 Å². The van der Waals surface area contributed by atoms with Crippen molar-refractivity contribution in [3.8, 4) is 5.75 Å². The summed E-state index contributed by atoms with van der Waals surface area (Å²) in [6.07, 6.45) is 0.868. The second-order valence-electron chi connectivity index (χ2n) is 5.54. The summed E-state index contributed by atoms with van der Waals surface area (Å²) >= 11 is 0. The summed E-state index contributed by atoms with van der Waals surface area (Å²) in [6, 6.07) is 0.00203. The number of ether oxygens (including phenoxy) is 1. The van der Waals surface area contributed by atoms with Gasteiger partial charge in [-0.25, -0.2) is 0 Å². The van der Waals surface area contributed by atoms with E-state index in [2.05, 4.69) is 24.3 Å². The van der Waals surface area contributed by atoms with Crippen molar-refractivity contribution in [1.29, 1.82) is 0 Å². The lowest BCUT2D eigenvalue weighted by Gasteiger charge is -2.18. The first kappa shape index (κ1) is 16.5. The van der Waals surface area contributed by atoms with Crippen molar-refractivity contribution in [3.05, 3.63) is 11.4 Å². The van der Waals surface area contributed by atoms with Crippen LogP contribution in [0.1, 0.15) is 31.7 Å². The minimum atomic E-state index is -0.149. The van der Waals surface area contributed by atoms with Gasteiger partial charge in [0.2, 0.25) is 0 Å². The molecule has 20 heavy (non-hydrogen) atoms. The largest absolute Gasteiger partial charge is 0.480 e. The van der Waals surface area contributed by atoms with Gasteiger partial charge in [0, 0.05) is 19.6 Å². The van der Waals surface area contributed by atoms with Crippen LogP contribution >= 0.6 is 0 Å². The summed E-state index contributed by atoms with van der Waals surface area (Å²) in [5, 5.41) is 7.14. The van der Waals surface area contributed by atoms with E-state index in [1.54, 1.807) is 4.68 Å². The first-order chi connectivity index (χ1) is 9.35. The molecule has 0 bridgehead atoms. The highest BCUT2D eigenvalue weighted by Gasteiger charge is 2.15. The summed E-state index contributed by atoms with van der Waals surface area (Å²) < 4.78 is 7.30. The fourth-order valence-corrected chi connectivity index (χ4v) is 2.15. The molecule has 0 aliphatic carbocycles. The zero-order chi connectivity index (χ0) is 15.3. The number of carbonyl (C=O) groups is 1. The Morgan fingerprint density at radius 2 is 2.10 bits per heavy atom. The Kier molecular flexibility index (Phi) is 6.01. The first-order valence-electron chi connectivity index (χ1n) is 6.97. The summed E-state index contributed by atoms with van der Waals surface area (Å²) in [5.41, 5.74) is 7.36. The van der Waals surface area contributed by atoms with Gasteiger partial charge >= 0.3 is 0 Å². The molecule has 0 radical (unpaired) electrons. The highest BCUT2D eigenvalue weighted by Crippen LogP contribution is 2.21. The predicted molar refractivity (Wildman–Crippen MR) is 78.6 cm³/mol. The van der Waals surface area contributed by atoms with E-state index in [9.17, 15) is 4.79 Å². The summed E-state index contributed by atoms with van der Waals surface area (Å²) in [5.74, 6) is 1.02. The van der Waals surface area contributed by atoms with Gasteiger partial charge in [-0.3, -0.25) is 9.48 Å². The molecule has 1 unspecified atom stereocenters. The number of nitrogens with two attached hydrogens (primary N) is 1. The molecule has 0 saturated heterocycles. The van der Waals surface area contributed by atoms with Gasteiger partial charge in [0.15, 0.2) is 12.4 Å². The van der Waals surface area contributed by atoms with Crippen molar-refractivity contribution in [3.63, 3.8) is 0 Å². The van der Waals surface area contributed by atoms with Crippen molar-refractivity contribution < 1.29 is 9.53 Å². The molecule has 1 aromatic heterocycles. The SMILES string of the molecule is Cc1nn(C)c(C)c1OCC(=O)NC(CN)CC(C)C. The lowest BCUT2D eigenvalue weighted by atomic mass is 10.0. The smallest absolute Gasteiger partial charge is 0.258 e. The predicted octanol–water partition coefficient (Wildman–Crippen LogP) is 0.905. The Labute approximate surface area is 120 Å². The van der Waals surface area contributed by atoms with E-state index in [-0.39, 0.29) is 18.6 Å². The molecule has 1 aromatic rings. The van der Waals surface area contributed by atoms with Gasteiger partial charge in [-0.2, -0.15) is 5.10 Å². The number of nitrogens with zero attached hydrogens (tertiary/aromatic N) is 2. The fourth-order valence-electron chi connectivity index (χ4n) is 2.15. The molecule has 0 aliphatic heterocycles. The third-order valence-electron chi connectivity index (χ3n) is 3.20. The van der Waals surface area contributed by atoms with Gasteiger partial charge in [0.05, 0.1) is 5.69 Å². The number of amides is 1. The van der Waals surface area contributed by atoms with Crippen molar-refractivity contribution in [2.75, 3.05) is 13.2 Å². The molecule has 1 rings (SSSR count). The first-order valence-corrected chi connectivity index (χ1v) is 6.97. The van der Waals surface area contributed by atoms with Gasteiger partial charge in [-0.15, -0.1) is 0 Å². The zero-order valence-corrected chi connectivity index (χ0v) is 13.1. The maximum atomic E-state index is 11.9. The highest BCUT2D eigenvalue weighted by atomic mass is 16.5. The topological polar surface area (TPSA) is 82.2 Å². The van der Waals surface area contributed by atoms with Crippen LogP contribution in [0.5, 0.6) is 5.75 Å². The number of aryl methyl sites for hydroxylation is 2. The molecule has 6 heteroatoms. The average molecular weight is 282 g/mol. The van der Waals surface area contributed by atoms with Crippen molar-refractivity contribution in [1.82, 2.24) is 15.1 Å². The molecule has 1 atom stereocenters. The molecule has 0 aromatic carbocycles. The van der Waals surface area contributed by atoms with Crippen LogP contribution in [-0.4, -0.2) is 34.9 Å². The lowest BCUT2D eigenvalue weighted by Crippen LogP contribution is -2.43. The number of hydrogen-bond donors (Lipinski definition) is 2. The molecule has 6 nitrogen and oxygen atoms in total. The summed E-state index contributed by atoms with van der Waals surface area (Å²) in [6.45, 7) is 8.41. The van der Waals surface area contributed by atoms with Crippen molar-refractivity contribution >= 4 is 5.91 Å². The van der Waals surface area contributed by atoms with Crippen molar-refractivity contribution in [2.45, 2.75) is 40.2 Å². The number of carbonyl (C=O) groups excluding carboxylic acids is 1. The van der Waals surface area contributed by atoms with Crippen LogP contribution in [0.2, 0.25) is 0 Å². The molecule has 114 valence electrons. The van der Waals surface area contributed by atoms with E-state index in [4.69, 9.17) is 10.5 Å². The van der Waals surface area contributed by atoms with Crippen LogP contribution < -0.4 is 15.8 Å². The van der Waals surface area contributed by atoms with Gasteiger partial charge in [0.25, 0.3) is 5.91 Å². The minimum absolute atomic E-state index is 0.00203. The number of nitrogens with one attached hydrogen (secondary N) is 1. The zero-order valence-electron chi connectivity index (χ0n) is 13.1. The van der Waals surface area contributed by atoms with Crippen LogP contribution in [-0.2, 0) is 11.8 Å². The van der Waals surface area contributed by atoms with Gasteiger partial charge in [0.1, 0.15) is 5.69 Å². The van der Waals surface area contributed by atoms with E-state index in [0.717, 1.165) is 17.8 Å². The quantitative estimate of drug-likeness (QED) is 0.778. The van der Waals surface area contributed by atoms with Crippen LogP contribution in [0.4, 0.5) is 0 Å². The molecular formula is C14H26N4O2. The molecule has 3 N–H and O–H groups in total. The van der Waals surface area contributed by atoms with Crippen LogP contribution in [0.15, 0.2) is 0 Å². The second-order valence-corrected chi connectivity index (χ2v) is 5.54. The number of aromatic nitrogens is 2. The summed E-state index contributed by atoms with van der Waals surface area (Å²) in [7, 11) is 1.85. The van der Waals surface area contributed by atoms with Crippen LogP contribution in [0.25, 0.3) is 0 Å². The number of rotatable bonds is 7. The fraction of sp³-hybridized carbons (Fsp3) is 0.714. The van der Waals surface area contributed by atoms with E-state index < -0.39 is 0 Å². The highest BCUT2D eigenvalue weighted by molar-refractivity contribution is 5.77. The monoisotopic (exact) mass is 282 g/mol. The van der Waals surface area contributed by atoms with Crippen LogP contribution in [0, 0.1) is 19.8 Å². The van der Waals surface area contributed by atoms with Gasteiger partial charge in [-0.1, -0.05) is 13.8 Å². The van der Waals surface area contributed by atoms with E-state index >= 15 is 0 Å². The molecule has 1 heterocycles. The molecule has 0 spiro atoms. The Balaban J connectivity index is 2.50. The molecule has 0 aliphatic rings. The Bertz CT molecular complexity index is 454. The normalized spacial score (nSPS) is 12.6. The van der Waals surface area contributed by atoms with E-state index in [0.29, 0.717) is 18.2 Å². The van der Waals surface area contributed by atoms with Gasteiger partial charge in [-0.05, 0) is 26.2 Å². The summed E-state index contributed by atoms with van der Waals surface area (Å²) in [4.78, 5) is 11.9. The maximum Gasteiger partial charge on any atom is 0.258 e. The maximum absolute atomic E-state index is 11.9. The third-order valence-corrected chi connectivity index (χ3v) is 3.20. The Hall–Kier alpha value is -1.56. The number of hydrogen-bond acceptors (Lipinski definition) is 4. The second kappa shape index (κ2) is 7.28. The molecule has 1 amide bonds. The standard InChI is InChI=1S/C14H26N4O2/c1-9(2)6-12(7-15)16-13(19)8-20-14-10(3)17-18(5)11(14)4/h9,12H,6-8,15H2,1-5H3,(H,16,19). The van der Waals surface area contributed by atoms with Gasteiger partial charge < -0.3 is 15.8 Å². The molecule has 0 fully saturated rings. The van der Waals surface area contributed by atoms with Crippen molar-refractivity contribution in [2.24, 2.45) is 18.7 Å². The molecule has 0 saturated carbocycles. The van der Waals surface area contributed by atoms with Crippen LogP contribution in [0.3, 0.4) is 0 Å².